The molecule has 0 aromatic carbocycles. The molecule has 0 heterocycles. The molecule has 0 aliphatic rings. The standard InChI is InChI=1S/C12H24O3/c1-3-5-6-7-8-10-12(14)15-11(13)9-4-2/h11,13H,3-10H2,1-2H3. The van der Waals surface area contributed by atoms with Crippen molar-refractivity contribution in [1.29, 1.82) is 0 Å². The fraction of sp³-hybridized carbons (Fsp3) is 0.917. The highest BCUT2D eigenvalue weighted by molar-refractivity contribution is 5.69. The zero-order valence-corrected chi connectivity index (χ0v) is 10.00. The number of aliphatic hydroxyl groups excluding tert-OH is 1. The van der Waals surface area contributed by atoms with Gasteiger partial charge < -0.3 is 9.84 Å². The molecule has 0 aromatic rings. The number of unbranched alkanes of at least 4 members (excludes halogenated alkanes) is 4. The summed E-state index contributed by atoms with van der Waals surface area (Å²) in [5.74, 6) is -0.271. The Morgan fingerprint density at radius 3 is 2.40 bits per heavy atom. The number of hydrogen-bond donors (Lipinski definition) is 1. The van der Waals surface area contributed by atoms with Gasteiger partial charge in [0.05, 0.1) is 0 Å². The van der Waals surface area contributed by atoms with Gasteiger partial charge in [-0.05, 0) is 6.42 Å². The Hall–Kier alpha value is -0.570. The van der Waals surface area contributed by atoms with E-state index in [9.17, 15) is 9.90 Å². The predicted octanol–water partition coefficient (Wildman–Crippen LogP) is 3.01. The molecule has 3 nitrogen and oxygen atoms in total. The number of esters is 1. The maximum atomic E-state index is 11.2. The van der Waals surface area contributed by atoms with E-state index < -0.39 is 6.29 Å². The van der Waals surface area contributed by atoms with Crippen LogP contribution in [0.15, 0.2) is 0 Å². The second kappa shape index (κ2) is 9.97. The van der Waals surface area contributed by atoms with E-state index in [2.05, 4.69) is 6.92 Å². The lowest BCUT2D eigenvalue weighted by molar-refractivity contribution is -0.168. The lowest BCUT2D eigenvalue weighted by Gasteiger charge is -2.10. The van der Waals surface area contributed by atoms with Gasteiger partial charge in [-0.25, -0.2) is 0 Å². The first kappa shape index (κ1) is 14.4. The SMILES string of the molecule is CCCCCCCC(=O)OC(O)CCC. The second-order valence-corrected chi connectivity index (χ2v) is 3.90. The minimum Gasteiger partial charge on any atom is -0.436 e. The van der Waals surface area contributed by atoms with Crippen molar-refractivity contribution in [2.24, 2.45) is 0 Å². The zero-order chi connectivity index (χ0) is 11.5. The van der Waals surface area contributed by atoms with Crippen LogP contribution in [-0.4, -0.2) is 17.4 Å². The van der Waals surface area contributed by atoms with Gasteiger partial charge in [0, 0.05) is 12.8 Å². The summed E-state index contributed by atoms with van der Waals surface area (Å²) in [5.41, 5.74) is 0. The molecular weight excluding hydrogens is 192 g/mol. The molecule has 0 aliphatic carbocycles. The first-order valence-electron chi connectivity index (χ1n) is 6.08. The van der Waals surface area contributed by atoms with Gasteiger partial charge in [0.1, 0.15) is 0 Å². The Labute approximate surface area is 92.8 Å². The van der Waals surface area contributed by atoms with E-state index >= 15 is 0 Å². The normalized spacial score (nSPS) is 12.5. The first-order chi connectivity index (χ1) is 7.20. The van der Waals surface area contributed by atoms with Crippen LogP contribution in [0.1, 0.15) is 65.2 Å². The van der Waals surface area contributed by atoms with Gasteiger partial charge in [-0.1, -0.05) is 46.0 Å². The van der Waals surface area contributed by atoms with Gasteiger partial charge >= 0.3 is 5.97 Å². The summed E-state index contributed by atoms with van der Waals surface area (Å²) in [6, 6.07) is 0. The molecule has 0 bridgehead atoms. The molecule has 1 unspecified atom stereocenters. The quantitative estimate of drug-likeness (QED) is 0.366. The van der Waals surface area contributed by atoms with Crippen molar-refractivity contribution in [3.05, 3.63) is 0 Å². The summed E-state index contributed by atoms with van der Waals surface area (Å²) >= 11 is 0. The molecule has 0 fully saturated rings. The molecule has 90 valence electrons. The van der Waals surface area contributed by atoms with E-state index in [1.54, 1.807) is 0 Å². The molecule has 0 radical (unpaired) electrons. The fourth-order valence-corrected chi connectivity index (χ4v) is 1.39. The number of ether oxygens (including phenoxy) is 1. The summed E-state index contributed by atoms with van der Waals surface area (Å²) < 4.78 is 4.81. The smallest absolute Gasteiger partial charge is 0.308 e. The van der Waals surface area contributed by atoms with E-state index in [1.165, 1.54) is 19.3 Å². The molecular formula is C12H24O3. The summed E-state index contributed by atoms with van der Waals surface area (Å²) in [5, 5.41) is 9.22. The molecule has 0 saturated carbocycles. The monoisotopic (exact) mass is 216 g/mol. The van der Waals surface area contributed by atoms with Crippen molar-refractivity contribution in [1.82, 2.24) is 0 Å². The molecule has 3 heteroatoms. The minimum absolute atomic E-state index is 0.271. The Morgan fingerprint density at radius 1 is 1.13 bits per heavy atom. The van der Waals surface area contributed by atoms with Crippen LogP contribution in [0.5, 0.6) is 0 Å². The number of hydrogen-bond acceptors (Lipinski definition) is 3. The van der Waals surface area contributed by atoms with Gasteiger partial charge in [-0.3, -0.25) is 4.79 Å². The van der Waals surface area contributed by atoms with Crippen molar-refractivity contribution >= 4 is 5.97 Å². The molecule has 0 aliphatic heterocycles. The van der Waals surface area contributed by atoms with Crippen molar-refractivity contribution in [2.45, 2.75) is 71.5 Å². The third kappa shape index (κ3) is 9.73. The summed E-state index contributed by atoms with van der Waals surface area (Å²) in [7, 11) is 0. The van der Waals surface area contributed by atoms with E-state index in [1.807, 2.05) is 6.92 Å². The number of carbonyl (C=O) groups excluding carboxylic acids is 1. The molecule has 0 spiro atoms. The van der Waals surface area contributed by atoms with Crippen LogP contribution in [0.2, 0.25) is 0 Å². The van der Waals surface area contributed by atoms with Gasteiger partial charge in [0.15, 0.2) is 0 Å². The summed E-state index contributed by atoms with van der Waals surface area (Å²) in [4.78, 5) is 11.2. The van der Waals surface area contributed by atoms with Crippen LogP contribution < -0.4 is 0 Å². The highest BCUT2D eigenvalue weighted by atomic mass is 16.6. The van der Waals surface area contributed by atoms with Gasteiger partial charge in [-0.15, -0.1) is 0 Å². The average Bonchev–Trinajstić information content (AvgIpc) is 2.17. The maximum absolute atomic E-state index is 11.2. The number of rotatable bonds is 9. The maximum Gasteiger partial charge on any atom is 0.308 e. The lowest BCUT2D eigenvalue weighted by atomic mass is 10.1. The molecule has 15 heavy (non-hydrogen) atoms. The van der Waals surface area contributed by atoms with Crippen LogP contribution in [0.4, 0.5) is 0 Å². The van der Waals surface area contributed by atoms with Gasteiger partial charge in [0.2, 0.25) is 6.29 Å². The van der Waals surface area contributed by atoms with Crippen molar-refractivity contribution in [2.75, 3.05) is 0 Å². The molecule has 0 saturated heterocycles. The number of carbonyl (C=O) groups is 1. The molecule has 0 amide bonds. The lowest BCUT2D eigenvalue weighted by Crippen LogP contribution is -2.16. The molecule has 0 aromatic heterocycles. The Morgan fingerprint density at radius 2 is 1.80 bits per heavy atom. The second-order valence-electron chi connectivity index (χ2n) is 3.90. The van der Waals surface area contributed by atoms with E-state index in [4.69, 9.17) is 4.74 Å². The van der Waals surface area contributed by atoms with E-state index in [0.29, 0.717) is 12.8 Å². The fourth-order valence-electron chi connectivity index (χ4n) is 1.39. The third-order valence-corrected chi connectivity index (χ3v) is 2.29. The molecule has 1 N–H and O–H groups in total. The van der Waals surface area contributed by atoms with Crippen molar-refractivity contribution in [3.63, 3.8) is 0 Å². The summed E-state index contributed by atoms with van der Waals surface area (Å²) in [6.07, 6.45) is 6.45. The van der Waals surface area contributed by atoms with Crippen LogP contribution in [0, 0.1) is 0 Å². The van der Waals surface area contributed by atoms with Crippen LogP contribution >= 0.6 is 0 Å². The largest absolute Gasteiger partial charge is 0.436 e. The first-order valence-corrected chi connectivity index (χ1v) is 6.08. The Kier molecular flexibility index (Phi) is 9.59. The number of aliphatic hydroxyl groups is 1. The topological polar surface area (TPSA) is 46.5 Å². The Bertz CT molecular complexity index is 157. The van der Waals surface area contributed by atoms with Crippen LogP contribution in [0.25, 0.3) is 0 Å². The van der Waals surface area contributed by atoms with Crippen molar-refractivity contribution in [3.8, 4) is 0 Å². The van der Waals surface area contributed by atoms with Gasteiger partial charge in [-0.2, -0.15) is 0 Å². The highest BCUT2D eigenvalue weighted by Crippen LogP contribution is 2.07. The third-order valence-electron chi connectivity index (χ3n) is 2.29. The Balaban J connectivity index is 3.32. The van der Waals surface area contributed by atoms with E-state index in [0.717, 1.165) is 19.3 Å². The van der Waals surface area contributed by atoms with Crippen LogP contribution in [0.3, 0.4) is 0 Å². The van der Waals surface area contributed by atoms with Crippen molar-refractivity contribution < 1.29 is 14.6 Å². The van der Waals surface area contributed by atoms with Gasteiger partial charge in [0.25, 0.3) is 0 Å². The van der Waals surface area contributed by atoms with Crippen LogP contribution in [-0.2, 0) is 9.53 Å². The minimum atomic E-state index is -0.904. The summed E-state index contributed by atoms with van der Waals surface area (Å²) in [6.45, 7) is 4.11. The highest BCUT2D eigenvalue weighted by Gasteiger charge is 2.09. The molecule has 0 rings (SSSR count). The molecule has 1 atom stereocenters. The van der Waals surface area contributed by atoms with E-state index in [-0.39, 0.29) is 5.97 Å². The zero-order valence-electron chi connectivity index (χ0n) is 10.00. The predicted molar refractivity (Wildman–Crippen MR) is 60.4 cm³/mol. The average molecular weight is 216 g/mol.